The lowest BCUT2D eigenvalue weighted by Crippen LogP contribution is -2.12. The van der Waals surface area contributed by atoms with Gasteiger partial charge >= 0.3 is 0 Å². The average molecular weight is 471 g/mol. The lowest BCUT2D eigenvalue weighted by atomic mass is 10.2. The summed E-state index contributed by atoms with van der Waals surface area (Å²) in [5.41, 5.74) is 2.80. The van der Waals surface area contributed by atoms with Gasteiger partial charge in [0.05, 0.1) is 11.4 Å². The van der Waals surface area contributed by atoms with Crippen molar-refractivity contribution in [3.8, 4) is 0 Å². The Kier molecular flexibility index (Phi) is 7.85. The standard InChI is InChI=1S/C27H22N2O2S2/c30-26(20-11-3-1-4-12-20)28-22-15-7-9-17-24(22)32-19-33-25-18-10-8-16-23(25)29-27(31)21-13-5-2-6-14-21/h1-18H,19H2,(H,28,30)(H,29,31). The summed E-state index contributed by atoms with van der Waals surface area (Å²) in [6.45, 7) is 0. The Balaban J connectivity index is 1.39. The highest BCUT2D eigenvalue weighted by atomic mass is 32.2. The largest absolute Gasteiger partial charge is 0.321 e. The van der Waals surface area contributed by atoms with Crippen LogP contribution >= 0.6 is 23.5 Å². The zero-order valence-electron chi connectivity index (χ0n) is 17.7. The van der Waals surface area contributed by atoms with E-state index >= 15 is 0 Å². The monoisotopic (exact) mass is 470 g/mol. The van der Waals surface area contributed by atoms with Crippen LogP contribution in [-0.2, 0) is 0 Å². The van der Waals surface area contributed by atoms with E-state index in [4.69, 9.17) is 0 Å². The van der Waals surface area contributed by atoms with Gasteiger partial charge in [0.2, 0.25) is 0 Å². The lowest BCUT2D eigenvalue weighted by molar-refractivity contribution is 0.101. The van der Waals surface area contributed by atoms with E-state index in [-0.39, 0.29) is 11.8 Å². The van der Waals surface area contributed by atoms with E-state index < -0.39 is 0 Å². The molecule has 6 heteroatoms. The van der Waals surface area contributed by atoms with Crippen molar-refractivity contribution in [2.45, 2.75) is 9.79 Å². The summed E-state index contributed by atoms with van der Waals surface area (Å²) in [7, 11) is 0. The summed E-state index contributed by atoms with van der Waals surface area (Å²) >= 11 is 3.28. The van der Waals surface area contributed by atoms with Crippen molar-refractivity contribution >= 4 is 46.7 Å². The van der Waals surface area contributed by atoms with Gasteiger partial charge in [0.25, 0.3) is 11.8 Å². The molecule has 4 aromatic carbocycles. The SMILES string of the molecule is O=C(Nc1ccccc1SCSc1ccccc1NC(=O)c1ccccc1)c1ccccc1. The normalized spacial score (nSPS) is 10.4. The van der Waals surface area contributed by atoms with Gasteiger partial charge in [0.15, 0.2) is 0 Å². The molecule has 0 bridgehead atoms. The van der Waals surface area contributed by atoms with Gasteiger partial charge in [-0.25, -0.2) is 0 Å². The van der Waals surface area contributed by atoms with Crippen LogP contribution < -0.4 is 10.6 Å². The van der Waals surface area contributed by atoms with Crippen molar-refractivity contribution in [1.82, 2.24) is 0 Å². The van der Waals surface area contributed by atoms with Gasteiger partial charge in [-0.3, -0.25) is 9.59 Å². The van der Waals surface area contributed by atoms with Gasteiger partial charge in [-0.2, -0.15) is 0 Å². The fraction of sp³-hybridized carbons (Fsp3) is 0.0370. The third-order valence-electron chi connectivity index (χ3n) is 4.77. The number of benzene rings is 4. The van der Waals surface area contributed by atoms with E-state index in [0.29, 0.717) is 11.1 Å². The number of amides is 2. The van der Waals surface area contributed by atoms with Gasteiger partial charge in [0.1, 0.15) is 0 Å². The minimum atomic E-state index is -0.134. The summed E-state index contributed by atoms with van der Waals surface area (Å²) in [4.78, 5) is 27.1. The van der Waals surface area contributed by atoms with Crippen molar-refractivity contribution in [3.63, 3.8) is 0 Å². The molecule has 2 N–H and O–H groups in total. The number of carbonyl (C=O) groups excluding carboxylic acids is 2. The van der Waals surface area contributed by atoms with Gasteiger partial charge in [-0.1, -0.05) is 60.7 Å². The Hall–Kier alpha value is -3.48. The molecular formula is C27H22N2O2S2. The van der Waals surface area contributed by atoms with Gasteiger partial charge in [-0.05, 0) is 48.5 Å². The summed E-state index contributed by atoms with van der Waals surface area (Å²) in [5, 5.41) is 6.73. The molecule has 0 spiro atoms. The maximum Gasteiger partial charge on any atom is 0.255 e. The Morgan fingerprint density at radius 3 is 1.30 bits per heavy atom. The molecule has 0 aliphatic rings. The molecule has 0 atom stereocenters. The Morgan fingerprint density at radius 1 is 0.515 bits per heavy atom. The molecule has 4 aromatic rings. The number of hydrogen-bond donors (Lipinski definition) is 2. The molecule has 0 aliphatic heterocycles. The Bertz CT molecular complexity index is 1130. The first-order valence-corrected chi connectivity index (χ1v) is 12.3. The fourth-order valence-corrected chi connectivity index (χ4v) is 5.27. The summed E-state index contributed by atoms with van der Waals surface area (Å²) in [6.07, 6.45) is 0. The highest BCUT2D eigenvalue weighted by Gasteiger charge is 2.11. The Morgan fingerprint density at radius 2 is 0.879 bits per heavy atom. The third kappa shape index (κ3) is 6.28. The number of carbonyl (C=O) groups is 2. The molecule has 0 fully saturated rings. The first kappa shape index (κ1) is 22.7. The number of anilines is 2. The number of hydrogen-bond acceptors (Lipinski definition) is 4. The minimum absolute atomic E-state index is 0.134. The fourth-order valence-electron chi connectivity index (χ4n) is 3.12. The van der Waals surface area contributed by atoms with Gasteiger partial charge < -0.3 is 10.6 Å². The maximum absolute atomic E-state index is 12.6. The quantitative estimate of drug-likeness (QED) is 0.214. The molecule has 4 nitrogen and oxygen atoms in total. The van der Waals surface area contributed by atoms with Crippen molar-refractivity contribution in [1.29, 1.82) is 0 Å². The summed E-state index contributed by atoms with van der Waals surface area (Å²) < 4.78 is 0. The predicted molar refractivity (Wildman–Crippen MR) is 138 cm³/mol. The van der Waals surface area contributed by atoms with Crippen LogP contribution in [0.1, 0.15) is 20.7 Å². The van der Waals surface area contributed by atoms with Crippen molar-refractivity contribution in [2.24, 2.45) is 0 Å². The van der Waals surface area contributed by atoms with E-state index in [1.807, 2.05) is 84.9 Å². The molecular weight excluding hydrogens is 448 g/mol. The topological polar surface area (TPSA) is 58.2 Å². The van der Waals surface area contributed by atoms with Crippen LogP contribution in [0.2, 0.25) is 0 Å². The van der Waals surface area contributed by atoms with Crippen LogP contribution in [0, 0.1) is 0 Å². The van der Waals surface area contributed by atoms with Crippen LogP contribution in [0.15, 0.2) is 119 Å². The first-order chi connectivity index (χ1) is 16.2. The molecule has 0 saturated heterocycles. The second-order valence-electron chi connectivity index (χ2n) is 7.04. The summed E-state index contributed by atoms with van der Waals surface area (Å²) in [5.74, 6) is -0.268. The maximum atomic E-state index is 12.6. The van der Waals surface area contributed by atoms with Crippen LogP contribution in [0.4, 0.5) is 11.4 Å². The van der Waals surface area contributed by atoms with Gasteiger partial charge in [-0.15, -0.1) is 23.5 Å². The number of para-hydroxylation sites is 2. The van der Waals surface area contributed by atoms with E-state index in [2.05, 4.69) is 10.6 Å². The molecule has 0 saturated carbocycles. The van der Waals surface area contributed by atoms with Crippen molar-refractivity contribution < 1.29 is 9.59 Å². The third-order valence-corrected chi connectivity index (χ3v) is 7.05. The highest BCUT2D eigenvalue weighted by molar-refractivity contribution is 8.16. The first-order valence-electron chi connectivity index (χ1n) is 10.4. The lowest BCUT2D eigenvalue weighted by Gasteiger charge is -2.13. The molecule has 0 unspecified atom stereocenters. The van der Waals surface area contributed by atoms with E-state index in [1.165, 1.54) is 0 Å². The van der Waals surface area contributed by atoms with Crippen LogP contribution in [-0.4, -0.2) is 16.9 Å². The number of nitrogens with one attached hydrogen (secondary N) is 2. The highest BCUT2D eigenvalue weighted by Crippen LogP contribution is 2.35. The second kappa shape index (κ2) is 11.4. The zero-order chi connectivity index (χ0) is 22.9. The van der Waals surface area contributed by atoms with Crippen molar-refractivity contribution in [2.75, 3.05) is 15.7 Å². The zero-order valence-corrected chi connectivity index (χ0v) is 19.4. The number of rotatable bonds is 8. The molecule has 4 rings (SSSR count). The second-order valence-corrected chi connectivity index (χ2v) is 9.44. The van der Waals surface area contributed by atoms with E-state index in [9.17, 15) is 9.59 Å². The van der Waals surface area contributed by atoms with E-state index in [1.54, 1.807) is 47.8 Å². The molecule has 0 radical (unpaired) electrons. The Labute approximate surface area is 201 Å². The van der Waals surface area contributed by atoms with Crippen LogP contribution in [0.3, 0.4) is 0 Å². The average Bonchev–Trinajstić information content (AvgIpc) is 2.87. The molecule has 0 aliphatic carbocycles. The van der Waals surface area contributed by atoms with Crippen LogP contribution in [0.25, 0.3) is 0 Å². The molecule has 0 aromatic heterocycles. The minimum Gasteiger partial charge on any atom is -0.321 e. The van der Waals surface area contributed by atoms with E-state index in [0.717, 1.165) is 26.3 Å². The van der Waals surface area contributed by atoms with Crippen molar-refractivity contribution in [3.05, 3.63) is 120 Å². The van der Waals surface area contributed by atoms with Crippen LogP contribution in [0.5, 0.6) is 0 Å². The molecule has 0 heterocycles. The number of thioether (sulfide) groups is 2. The van der Waals surface area contributed by atoms with Gasteiger partial charge in [0, 0.05) is 26.0 Å². The molecule has 164 valence electrons. The molecule has 33 heavy (non-hydrogen) atoms. The predicted octanol–water partition coefficient (Wildman–Crippen LogP) is 7.03. The smallest absolute Gasteiger partial charge is 0.255 e. The summed E-state index contributed by atoms with van der Waals surface area (Å²) in [6, 6.07) is 33.9. The molecule has 2 amide bonds.